The van der Waals surface area contributed by atoms with Crippen molar-refractivity contribution in [3.63, 3.8) is 0 Å². The van der Waals surface area contributed by atoms with Gasteiger partial charge in [-0.1, -0.05) is 26.8 Å². The quantitative estimate of drug-likeness (QED) is 0.528. The molecular weight excluding hydrogens is 356 g/mol. The third kappa shape index (κ3) is 3.25. The Morgan fingerprint density at radius 1 is 1.19 bits per heavy atom. The number of ketones is 1. The Kier molecular flexibility index (Phi) is 5.52. The van der Waals surface area contributed by atoms with Gasteiger partial charge in [-0.3, -0.25) is 14.4 Å². The van der Waals surface area contributed by atoms with E-state index < -0.39 is 49.6 Å². The van der Waals surface area contributed by atoms with Crippen LogP contribution in [0.5, 0.6) is 0 Å². The maximum Gasteiger partial charge on any atom is 0.313 e. The summed E-state index contributed by atoms with van der Waals surface area (Å²) in [7, 11) is 0.241. The summed E-state index contributed by atoms with van der Waals surface area (Å²) < 4.78 is 21.9. The molecule has 2 heterocycles. The second kappa shape index (κ2) is 6.90. The lowest BCUT2D eigenvalue weighted by molar-refractivity contribution is -0.165. The highest BCUT2D eigenvalue weighted by Crippen LogP contribution is 2.47. The van der Waals surface area contributed by atoms with Gasteiger partial charge >= 0.3 is 11.9 Å². The minimum absolute atomic E-state index is 0.0856. The maximum atomic E-state index is 12.8. The predicted octanol–water partition coefficient (Wildman–Crippen LogP) is 1.86. The van der Waals surface area contributed by atoms with Crippen molar-refractivity contribution in [3.05, 3.63) is 12.2 Å². The van der Waals surface area contributed by atoms with Gasteiger partial charge < -0.3 is 18.6 Å². The zero-order chi connectivity index (χ0) is 19.9. The summed E-state index contributed by atoms with van der Waals surface area (Å²) in [4.78, 5) is 37.6. The molecule has 26 heavy (non-hydrogen) atoms. The number of esters is 2. The number of hydrogen-bond acceptors (Lipinski definition) is 7. The average molecular weight is 385 g/mol. The minimum Gasteiger partial charge on any atom is -0.469 e. The minimum atomic E-state index is -2.22. The molecule has 2 aliphatic heterocycles. The molecule has 1 saturated heterocycles. The van der Waals surface area contributed by atoms with Crippen molar-refractivity contribution in [1.82, 2.24) is 0 Å². The van der Waals surface area contributed by atoms with Crippen LogP contribution in [-0.4, -0.2) is 58.6 Å². The highest BCUT2D eigenvalue weighted by molar-refractivity contribution is 6.74. The Morgan fingerprint density at radius 3 is 2.27 bits per heavy atom. The second-order valence-electron chi connectivity index (χ2n) is 8.29. The monoisotopic (exact) mass is 384 g/mol. The molecule has 0 aromatic rings. The van der Waals surface area contributed by atoms with Gasteiger partial charge in [-0.25, -0.2) is 0 Å². The van der Waals surface area contributed by atoms with Gasteiger partial charge in [0.25, 0.3) is 0 Å². The maximum absolute atomic E-state index is 12.8. The number of fused-ring (bicyclic) bond motifs is 2. The third-order valence-corrected chi connectivity index (χ3v) is 10.3. The van der Waals surface area contributed by atoms with E-state index >= 15 is 0 Å². The summed E-state index contributed by atoms with van der Waals surface area (Å²) in [6.07, 6.45) is 2.13. The Morgan fingerprint density at radius 2 is 1.77 bits per heavy atom. The number of hydrogen-bond donors (Lipinski definition) is 0. The van der Waals surface area contributed by atoms with Crippen LogP contribution in [0.1, 0.15) is 20.8 Å². The SMILES string of the molecule is COC(=O)[C@H]1[C@@H]2C=CC(=O)[C@@](CO[Si](C)(C)C(C)(C)C)(O2)[C@@H]1C(=O)OC. The Labute approximate surface area is 155 Å². The van der Waals surface area contributed by atoms with Crippen molar-refractivity contribution in [3.8, 4) is 0 Å². The summed E-state index contributed by atoms with van der Waals surface area (Å²) in [5.74, 6) is -3.75. The highest BCUT2D eigenvalue weighted by Gasteiger charge is 2.66. The second-order valence-corrected chi connectivity index (χ2v) is 13.1. The molecule has 4 atom stereocenters. The van der Waals surface area contributed by atoms with Crippen LogP contribution in [0.4, 0.5) is 0 Å². The van der Waals surface area contributed by atoms with Crippen LogP contribution < -0.4 is 0 Å². The van der Waals surface area contributed by atoms with Crippen molar-refractivity contribution >= 4 is 26.0 Å². The smallest absolute Gasteiger partial charge is 0.313 e. The highest BCUT2D eigenvalue weighted by atomic mass is 28.4. The lowest BCUT2D eigenvalue weighted by atomic mass is 9.79. The van der Waals surface area contributed by atoms with E-state index in [9.17, 15) is 14.4 Å². The molecule has 2 rings (SSSR count). The molecule has 8 heteroatoms. The molecule has 0 aliphatic carbocycles. The topological polar surface area (TPSA) is 88.1 Å². The average Bonchev–Trinajstić information content (AvgIpc) is 2.85. The van der Waals surface area contributed by atoms with E-state index in [1.807, 2.05) is 13.1 Å². The molecule has 0 radical (unpaired) electrons. The van der Waals surface area contributed by atoms with Gasteiger partial charge in [0.05, 0.1) is 26.9 Å². The first-order chi connectivity index (χ1) is 11.9. The molecule has 1 fully saturated rings. The fourth-order valence-corrected chi connectivity index (χ4v) is 4.14. The Bertz CT molecular complexity index is 634. The van der Waals surface area contributed by atoms with Crippen LogP contribution in [0.15, 0.2) is 12.2 Å². The van der Waals surface area contributed by atoms with Crippen LogP contribution in [0.2, 0.25) is 18.1 Å². The Balaban J connectivity index is 2.44. The summed E-state index contributed by atoms with van der Waals surface area (Å²) >= 11 is 0. The largest absolute Gasteiger partial charge is 0.469 e. The van der Waals surface area contributed by atoms with Gasteiger partial charge in [-0.05, 0) is 24.2 Å². The van der Waals surface area contributed by atoms with Crippen molar-refractivity contribution in [2.45, 2.75) is 50.6 Å². The predicted molar refractivity (Wildman–Crippen MR) is 95.9 cm³/mol. The van der Waals surface area contributed by atoms with Gasteiger partial charge in [0.15, 0.2) is 19.7 Å². The van der Waals surface area contributed by atoms with E-state index in [1.165, 1.54) is 26.4 Å². The Hall–Kier alpha value is -1.51. The summed E-state index contributed by atoms with van der Waals surface area (Å²) in [5.41, 5.74) is -1.57. The van der Waals surface area contributed by atoms with Crippen molar-refractivity contribution < 1.29 is 33.0 Å². The van der Waals surface area contributed by atoms with Crippen molar-refractivity contribution in [2.24, 2.45) is 11.8 Å². The van der Waals surface area contributed by atoms with Gasteiger partial charge in [-0.2, -0.15) is 0 Å². The standard InChI is InChI=1S/C18H28O7Si/c1-17(2,3)26(6,7)24-10-18-12(19)9-8-11(25-18)13(15(20)22-4)14(18)16(21)23-5/h8-9,11,13-14H,10H2,1-7H3/t11-,13-,14-,18+/m0/s1. The molecule has 0 amide bonds. The molecule has 0 saturated carbocycles. The first-order valence-corrected chi connectivity index (χ1v) is 11.5. The number of ether oxygens (including phenoxy) is 3. The van der Waals surface area contributed by atoms with Crippen LogP contribution in [0.25, 0.3) is 0 Å². The van der Waals surface area contributed by atoms with Gasteiger partial charge in [0.1, 0.15) is 11.8 Å². The molecule has 2 bridgehead atoms. The van der Waals surface area contributed by atoms with E-state index in [0.717, 1.165) is 0 Å². The van der Waals surface area contributed by atoms with Crippen molar-refractivity contribution in [1.29, 1.82) is 0 Å². The molecule has 2 aliphatic rings. The third-order valence-electron chi connectivity index (χ3n) is 5.80. The molecule has 7 nitrogen and oxygen atoms in total. The van der Waals surface area contributed by atoms with E-state index in [0.29, 0.717) is 0 Å². The summed E-state index contributed by atoms with van der Waals surface area (Å²) in [5, 5.41) is -0.0856. The summed E-state index contributed by atoms with van der Waals surface area (Å²) in [6, 6.07) is 0. The number of methoxy groups -OCH3 is 2. The first-order valence-electron chi connectivity index (χ1n) is 8.61. The van der Waals surface area contributed by atoms with Gasteiger partial charge in [0, 0.05) is 0 Å². The fourth-order valence-electron chi connectivity index (χ4n) is 3.13. The van der Waals surface area contributed by atoms with Gasteiger partial charge in [-0.15, -0.1) is 0 Å². The molecule has 0 aromatic carbocycles. The van der Waals surface area contributed by atoms with E-state index in [-0.39, 0.29) is 11.6 Å². The van der Waals surface area contributed by atoms with Crippen LogP contribution in [0, 0.1) is 11.8 Å². The molecule has 0 aromatic heterocycles. The number of rotatable bonds is 5. The number of carbonyl (C=O) groups excluding carboxylic acids is 3. The van der Waals surface area contributed by atoms with Gasteiger partial charge in [0.2, 0.25) is 0 Å². The van der Waals surface area contributed by atoms with Crippen LogP contribution >= 0.6 is 0 Å². The van der Waals surface area contributed by atoms with Crippen LogP contribution in [-0.2, 0) is 33.0 Å². The normalized spacial score (nSPS) is 31.0. The van der Waals surface area contributed by atoms with Crippen molar-refractivity contribution in [2.75, 3.05) is 20.8 Å². The van der Waals surface area contributed by atoms with Crippen LogP contribution in [0.3, 0.4) is 0 Å². The lowest BCUT2D eigenvalue weighted by Gasteiger charge is -2.40. The molecular formula is C18H28O7Si. The molecule has 146 valence electrons. The summed E-state index contributed by atoms with van der Waals surface area (Å²) in [6.45, 7) is 10.2. The molecule has 0 N–H and O–H groups in total. The number of carbonyl (C=O) groups is 3. The van der Waals surface area contributed by atoms with E-state index in [1.54, 1.807) is 0 Å². The zero-order valence-electron chi connectivity index (χ0n) is 16.5. The zero-order valence-corrected chi connectivity index (χ0v) is 17.5. The lowest BCUT2D eigenvalue weighted by Crippen LogP contribution is -2.55. The fraction of sp³-hybridized carbons (Fsp3) is 0.722. The molecule has 0 spiro atoms. The first kappa shape index (κ1) is 20.8. The molecule has 0 unspecified atom stereocenters. The van der Waals surface area contributed by atoms with E-state index in [4.69, 9.17) is 18.6 Å². The van der Waals surface area contributed by atoms with E-state index in [2.05, 4.69) is 20.8 Å².